The van der Waals surface area contributed by atoms with Crippen molar-refractivity contribution in [2.24, 2.45) is 0 Å². The molecule has 33 heavy (non-hydrogen) atoms. The van der Waals surface area contributed by atoms with Crippen LogP contribution < -0.4 is 15.4 Å². The van der Waals surface area contributed by atoms with E-state index in [0.29, 0.717) is 23.1 Å². The van der Waals surface area contributed by atoms with E-state index in [4.69, 9.17) is 9.84 Å². The number of aliphatic carboxylic acids is 1. The van der Waals surface area contributed by atoms with Crippen molar-refractivity contribution in [3.8, 4) is 11.5 Å². The quantitative estimate of drug-likeness (QED) is 0.361. The molecule has 174 valence electrons. The molecule has 0 saturated heterocycles. The predicted octanol–water partition coefficient (Wildman–Crippen LogP) is 4.27. The number of aromatic amines is 1. The predicted molar refractivity (Wildman–Crippen MR) is 127 cm³/mol. The first-order valence-electron chi connectivity index (χ1n) is 10.8. The van der Waals surface area contributed by atoms with E-state index in [2.05, 4.69) is 29.5 Å². The summed E-state index contributed by atoms with van der Waals surface area (Å²) in [5.74, 6) is -0.893. The zero-order valence-electron chi connectivity index (χ0n) is 19.4. The van der Waals surface area contributed by atoms with E-state index in [1.165, 1.54) is 12.5 Å². The Morgan fingerprint density at radius 2 is 1.73 bits per heavy atom. The van der Waals surface area contributed by atoms with E-state index >= 15 is 0 Å². The second kappa shape index (κ2) is 9.87. The summed E-state index contributed by atoms with van der Waals surface area (Å²) >= 11 is 0. The van der Waals surface area contributed by atoms with Crippen LogP contribution in [0, 0.1) is 13.8 Å². The van der Waals surface area contributed by atoms with Crippen LogP contribution >= 0.6 is 0 Å². The van der Waals surface area contributed by atoms with Gasteiger partial charge in [-0.3, -0.25) is 19.7 Å². The van der Waals surface area contributed by atoms with Gasteiger partial charge in [-0.05, 0) is 73.7 Å². The average Bonchev–Trinajstić information content (AvgIpc) is 3.17. The summed E-state index contributed by atoms with van der Waals surface area (Å²) < 4.78 is 6.19. The fourth-order valence-corrected chi connectivity index (χ4v) is 3.58. The van der Waals surface area contributed by atoms with Crippen molar-refractivity contribution in [1.82, 2.24) is 10.3 Å². The minimum absolute atomic E-state index is 0.363. The van der Waals surface area contributed by atoms with Gasteiger partial charge < -0.3 is 20.1 Å². The Morgan fingerprint density at radius 3 is 2.33 bits per heavy atom. The second-order valence-electron chi connectivity index (χ2n) is 8.47. The molecule has 1 heterocycles. The van der Waals surface area contributed by atoms with E-state index in [1.54, 1.807) is 12.1 Å². The van der Waals surface area contributed by atoms with Gasteiger partial charge in [0.2, 0.25) is 5.78 Å². The van der Waals surface area contributed by atoms with Crippen LogP contribution in [0.3, 0.4) is 0 Å². The SMILES string of the molecule is Cc1cc(NC(=O)C(=O)CNC(C)C(=O)O)cc(C)c1Oc1ccc2[nH]cc(C(C)C)c2c1. The number of carbonyl (C=O) groups is 3. The minimum Gasteiger partial charge on any atom is -0.480 e. The first-order valence-corrected chi connectivity index (χ1v) is 10.8. The molecule has 0 fully saturated rings. The highest BCUT2D eigenvalue weighted by Crippen LogP contribution is 2.34. The number of hydrogen-bond donors (Lipinski definition) is 4. The number of aryl methyl sites for hydroxylation is 2. The van der Waals surface area contributed by atoms with Crippen LogP contribution in [-0.2, 0) is 14.4 Å². The molecule has 3 aromatic rings. The molecule has 2 aromatic carbocycles. The smallest absolute Gasteiger partial charge is 0.320 e. The number of carbonyl (C=O) groups excluding carboxylic acids is 2. The monoisotopic (exact) mass is 451 g/mol. The molecule has 1 unspecified atom stereocenters. The lowest BCUT2D eigenvalue weighted by Crippen LogP contribution is -2.40. The molecule has 0 radical (unpaired) electrons. The number of carboxylic acid groups (broad SMARTS) is 1. The van der Waals surface area contributed by atoms with E-state index < -0.39 is 23.7 Å². The summed E-state index contributed by atoms with van der Waals surface area (Å²) in [6, 6.07) is 8.44. The third kappa shape index (κ3) is 5.59. The largest absolute Gasteiger partial charge is 0.480 e. The van der Waals surface area contributed by atoms with Gasteiger partial charge in [0.1, 0.15) is 17.5 Å². The van der Waals surface area contributed by atoms with Gasteiger partial charge in [-0.25, -0.2) is 0 Å². The van der Waals surface area contributed by atoms with E-state index in [9.17, 15) is 14.4 Å². The third-order valence-electron chi connectivity index (χ3n) is 5.44. The van der Waals surface area contributed by atoms with Crippen LogP contribution in [0.15, 0.2) is 36.5 Å². The maximum absolute atomic E-state index is 12.2. The van der Waals surface area contributed by atoms with Gasteiger partial charge in [0.15, 0.2) is 0 Å². The summed E-state index contributed by atoms with van der Waals surface area (Å²) in [6.07, 6.45) is 2.02. The normalized spacial score (nSPS) is 12.1. The highest BCUT2D eigenvalue weighted by Gasteiger charge is 2.18. The molecule has 8 nitrogen and oxygen atoms in total. The van der Waals surface area contributed by atoms with Crippen LogP contribution in [0.25, 0.3) is 10.9 Å². The zero-order chi connectivity index (χ0) is 24.3. The number of benzene rings is 2. The molecule has 3 rings (SSSR count). The highest BCUT2D eigenvalue weighted by atomic mass is 16.5. The molecule has 1 amide bonds. The lowest BCUT2D eigenvalue weighted by Gasteiger charge is -2.15. The van der Waals surface area contributed by atoms with Crippen molar-refractivity contribution in [3.63, 3.8) is 0 Å². The van der Waals surface area contributed by atoms with Crippen molar-refractivity contribution in [2.45, 2.75) is 46.6 Å². The average molecular weight is 452 g/mol. The van der Waals surface area contributed by atoms with Gasteiger partial charge in [-0.1, -0.05) is 13.8 Å². The maximum atomic E-state index is 12.2. The molecular weight excluding hydrogens is 422 g/mol. The number of ketones is 1. The number of H-pyrrole nitrogens is 1. The van der Waals surface area contributed by atoms with Crippen molar-refractivity contribution in [1.29, 1.82) is 0 Å². The van der Waals surface area contributed by atoms with Crippen molar-refractivity contribution in [3.05, 3.63) is 53.2 Å². The fraction of sp³-hybridized carbons (Fsp3) is 0.320. The summed E-state index contributed by atoms with van der Waals surface area (Å²) in [6.45, 7) is 9.05. The second-order valence-corrected chi connectivity index (χ2v) is 8.47. The number of fused-ring (bicyclic) bond motifs is 1. The highest BCUT2D eigenvalue weighted by molar-refractivity contribution is 6.41. The number of hydrogen-bond acceptors (Lipinski definition) is 5. The zero-order valence-corrected chi connectivity index (χ0v) is 19.4. The summed E-state index contributed by atoms with van der Waals surface area (Å²) in [5, 5.41) is 15.0. The van der Waals surface area contributed by atoms with Crippen molar-refractivity contribution < 1.29 is 24.2 Å². The van der Waals surface area contributed by atoms with E-state index in [0.717, 1.165) is 22.0 Å². The number of carboxylic acids is 1. The van der Waals surface area contributed by atoms with Crippen molar-refractivity contribution in [2.75, 3.05) is 11.9 Å². The number of amides is 1. The lowest BCUT2D eigenvalue weighted by molar-refractivity contribution is -0.139. The molecule has 0 aliphatic rings. The van der Waals surface area contributed by atoms with Crippen LogP contribution in [0.4, 0.5) is 5.69 Å². The van der Waals surface area contributed by atoms with Gasteiger partial charge in [0.05, 0.1) is 6.54 Å². The number of nitrogens with one attached hydrogen (secondary N) is 3. The summed E-state index contributed by atoms with van der Waals surface area (Å²) in [5.41, 5.74) is 4.33. The Kier molecular flexibility index (Phi) is 7.18. The Morgan fingerprint density at radius 1 is 1.06 bits per heavy atom. The Bertz CT molecular complexity index is 1190. The molecule has 0 aliphatic heterocycles. The molecule has 0 bridgehead atoms. The maximum Gasteiger partial charge on any atom is 0.320 e. The number of anilines is 1. The molecule has 1 atom stereocenters. The molecule has 8 heteroatoms. The van der Waals surface area contributed by atoms with Crippen LogP contribution in [0.5, 0.6) is 11.5 Å². The van der Waals surface area contributed by atoms with Gasteiger partial charge in [-0.15, -0.1) is 0 Å². The Balaban J connectivity index is 1.73. The van der Waals surface area contributed by atoms with E-state index in [1.807, 2.05) is 38.2 Å². The number of rotatable bonds is 9. The molecular formula is C25H29N3O5. The topological polar surface area (TPSA) is 121 Å². The molecule has 0 spiro atoms. The third-order valence-corrected chi connectivity index (χ3v) is 5.44. The molecule has 0 aliphatic carbocycles. The van der Waals surface area contributed by atoms with Crippen LogP contribution in [0.2, 0.25) is 0 Å². The Hall–Kier alpha value is -3.65. The van der Waals surface area contributed by atoms with Crippen molar-refractivity contribution >= 4 is 34.3 Å². The van der Waals surface area contributed by atoms with Crippen LogP contribution in [-0.4, -0.2) is 40.3 Å². The first kappa shape index (κ1) is 24.0. The summed E-state index contributed by atoms with van der Waals surface area (Å²) in [7, 11) is 0. The lowest BCUT2D eigenvalue weighted by atomic mass is 10.0. The Labute approximate surface area is 192 Å². The number of Topliss-reactive ketones (excluding diaryl/α,β-unsaturated/α-hetero) is 1. The van der Waals surface area contributed by atoms with Gasteiger partial charge >= 0.3 is 5.97 Å². The van der Waals surface area contributed by atoms with Crippen LogP contribution in [0.1, 0.15) is 43.4 Å². The molecule has 1 aromatic heterocycles. The number of aromatic nitrogens is 1. The fourth-order valence-electron chi connectivity index (χ4n) is 3.58. The molecule has 0 saturated carbocycles. The first-order chi connectivity index (χ1) is 15.6. The number of ether oxygens (including phenoxy) is 1. The summed E-state index contributed by atoms with van der Waals surface area (Å²) in [4.78, 5) is 38.3. The molecule has 4 N–H and O–H groups in total. The minimum atomic E-state index is -1.10. The van der Waals surface area contributed by atoms with Gasteiger partial charge in [0.25, 0.3) is 5.91 Å². The van der Waals surface area contributed by atoms with Gasteiger partial charge in [0, 0.05) is 22.8 Å². The van der Waals surface area contributed by atoms with E-state index in [-0.39, 0.29) is 6.54 Å². The van der Waals surface area contributed by atoms with Gasteiger partial charge in [-0.2, -0.15) is 0 Å². The standard InChI is InChI=1S/C25H29N3O5/c1-13(2)20-11-27-21-7-6-18(10-19(20)21)33-23-14(3)8-17(9-15(23)4)28-24(30)22(29)12-26-16(5)25(31)32/h6-11,13,16,26-27H,12H2,1-5H3,(H,28,30)(H,31,32).